The van der Waals surface area contributed by atoms with Crippen molar-refractivity contribution in [3.05, 3.63) is 24.3 Å². The predicted molar refractivity (Wildman–Crippen MR) is 93.9 cm³/mol. The summed E-state index contributed by atoms with van der Waals surface area (Å²) in [5.74, 6) is 0. The summed E-state index contributed by atoms with van der Waals surface area (Å²) >= 11 is 4.76. The molecule has 2 fully saturated rings. The molecular weight excluding hydrogens is 314 g/mol. The third-order valence-corrected chi connectivity index (χ3v) is 4.17. The molecule has 0 aliphatic carbocycles. The number of amides is 1. The van der Waals surface area contributed by atoms with Crippen molar-refractivity contribution in [2.75, 3.05) is 49.1 Å². The Hall–Kier alpha value is -2.06. The van der Waals surface area contributed by atoms with E-state index in [0.29, 0.717) is 13.1 Å². The number of nitrogens with zero attached hydrogens (tertiary/aromatic N) is 2. The van der Waals surface area contributed by atoms with Crippen LogP contribution in [-0.2, 0) is 4.74 Å². The van der Waals surface area contributed by atoms with E-state index in [4.69, 9.17) is 22.7 Å². The highest BCUT2D eigenvalue weighted by molar-refractivity contribution is 7.80. The molecule has 4 N–H and O–H groups in total. The second-order valence-corrected chi connectivity index (χ2v) is 6.05. The highest BCUT2D eigenvalue weighted by Crippen LogP contribution is 2.25. The number of hydrogen-bond acceptors (Lipinski definition) is 5. The molecule has 23 heavy (non-hydrogen) atoms. The van der Waals surface area contributed by atoms with Crippen molar-refractivity contribution in [3.8, 4) is 0 Å². The zero-order valence-electron chi connectivity index (χ0n) is 12.8. The molecule has 3 rings (SSSR count). The van der Waals surface area contributed by atoms with Crippen LogP contribution in [0.15, 0.2) is 24.3 Å². The molecule has 1 amide bonds. The Morgan fingerprint density at radius 3 is 2.61 bits per heavy atom. The molecule has 7 nitrogen and oxygen atoms in total. The Labute approximate surface area is 140 Å². The zero-order chi connectivity index (χ0) is 16.2. The maximum Gasteiger partial charge on any atom is 0.414 e. The first-order valence-electron chi connectivity index (χ1n) is 7.70. The van der Waals surface area contributed by atoms with Gasteiger partial charge in [0.05, 0.1) is 13.1 Å². The normalized spacial score (nSPS) is 21.2. The Kier molecular flexibility index (Phi) is 4.82. The molecule has 2 heterocycles. The first-order chi connectivity index (χ1) is 11.1. The minimum Gasteiger partial charge on any atom is -0.442 e. The number of rotatable bonds is 4. The maximum atomic E-state index is 12.0. The second kappa shape index (κ2) is 7.01. The van der Waals surface area contributed by atoms with Crippen LogP contribution in [0.5, 0.6) is 0 Å². The number of carbonyl (C=O) groups is 1. The van der Waals surface area contributed by atoms with Gasteiger partial charge in [0.2, 0.25) is 0 Å². The Balaban J connectivity index is 1.62. The van der Waals surface area contributed by atoms with Gasteiger partial charge in [-0.05, 0) is 36.5 Å². The number of nitrogens with one attached hydrogen (secondary N) is 2. The highest BCUT2D eigenvalue weighted by Gasteiger charge is 2.32. The average molecular weight is 335 g/mol. The lowest BCUT2D eigenvalue weighted by molar-refractivity contribution is 0.143. The second-order valence-electron chi connectivity index (χ2n) is 5.61. The molecule has 0 spiro atoms. The molecule has 2 aliphatic heterocycles. The molecular formula is C15H21N5O2S. The van der Waals surface area contributed by atoms with Gasteiger partial charge in [-0.15, -0.1) is 0 Å². The fourth-order valence-corrected chi connectivity index (χ4v) is 2.90. The molecule has 0 saturated carbocycles. The number of ether oxygens (including phenoxy) is 1. The van der Waals surface area contributed by atoms with Crippen LogP contribution in [0, 0.1) is 0 Å². The molecule has 0 unspecified atom stereocenters. The summed E-state index contributed by atoms with van der Waals surface area (Å²) < 4.78 is 5.32. The van der Waals surface area contributed by atoms with E-state index in [1.165, 1.54) is 5.69 Å². The third-order valence-electron chi connectivity index (χ3n) is 4.02. The highest BCUT2D eigenvalue weighted by atomic mass is 32.1. The van der Waals surface area contributed by atoms with E-state index in [1.54, 1.807) is 4.90 Å². The summed E-state index contributed by atoms with van der Waals surface area (Å²) in [6.45, 7) is 4.91. The van der Waals surface area contributed by atoms with Gasteiger partial charge in [0.15, 0.2) is 5.11 Å². The molecule has 0 bridgehead atoms. The van der Waals surface area contributed by atoms with E-state index < -0.39 is 0 Å². The van der Waals surface area contributed by atoms with E-state index in [9.17, 15) is 4.79 Å². The monoisotopic (exact) mass is 335 g/mol. The number of hydrogen-bond donors (Lipinski definition) is 3. The van der Waals surface area contributed by atoms with Gasteiger partial charge in [-0.25, -0.2) is 4.79 Å². The number of thiocarbonyl (C=S) groups is 1. The number of anilines is 2. The van der Waals surface area contributed by atoms with Crippen molar-refractivity contribution in [1.82, 2.24) is 10.6 Å². The predicted octanol–water partition coefficient (Wildman–Crippen LogP) is 0.255. The fourth-order valence-electron chi connectivity index (χ4n) is 2.82. The molecule has 124 valence electrons. The standard InChI is InChI=1S/C15H21N5O2S/c16-14(23)18-9-13-10-20(15(21)22-13)12-3-1-11(2-4-12)19-7-5-17-6-8-19/h1-4,13,17H,5-10H2,(H3,16,18,23)/t13-/m0/s1. The summed E-state index contributed by atoms with van der Waals surface area (Å²) in [6.07, 6.45) is -0.591. The third kappa shape index (κ3) is 3.83. The first kappa shape index (κ1) is 15.8. The average Bonchev–Trinajstić information content (AvgIpc) is 2.95. The van der Waals surface area contributed by atoms with Gasteiger partial charge in [0.1, 0.15) is 6.10 Å². The lowest BCUT2D eigenvalue weighted by Gasteiger charge is -2.29. The smallest absolute Gasteiger partial charge is 0.414 e. The van der Waals surface area contributed by atoms with Gasteiger partial charge in [0, 0.05) is 37.6 Å². The lowest BCUT2D eigenvalue weighted by Crippen LogP contribution is -2.43. The van der Waals surface area contributed by atoms with E-state index in [0.717, 1.165) is 31.9 Å². The van der Waals surface area contributed by atoms with E-state index in [1.807, 2.05) is 12.1 Å². The van der Waals surface area contributed by atoms with Crippen molar-refractivity contribution in [3.63, 3.8) is 0 Å². The van der Waals surface area contributed by atoms with Crippen LogP contribution < -0.4 is 26.2 Å². The molecule has 0 radical (unpaired) electrons. The summed E-state index contributed by atoms with van der Waals surface area (Å²) in [5, 5.41) is 6.37. The van der Waals surface area contributed by atoms with Gasteiger partial charge in [-0.1, -0.05) is 0 Å². The van der Waals surface area contributed by atoms with Gasteiger partial charge in [0.25, 0.3) is 0 Å². The van der Waals surface area contributed by atoms with Crippen molar-refractivity contribution in [2.24, 2.45) is 5.73 Å². The minimum atomic E-state index is -0.338. The maximum absolute atomic E-state index is 12.0. The topological polar surface area (TPSA) is 82.9 Å². The number of piperazine rings is 1. The van der Waals surface area contributed by atoms with E-state index >= 15 is 0 Å². The Morgan fingerprint density at radius 2 is 1.96 bits per heavy atom. The summed E-state index contributed by atoms with van der Waals surface area (Å²) in [4.78, 5) is 16.0. The van der Waals surface area contributed by atoms with Crippen LogP contribution >= 0.6 is 12.2 Å². The summed E-state index contributed by atoms with van der Waals surface area (Å²) in [6, 6.07) is 8.02. The first-order valence-corrected chi connectivity index (χ1v) is 8.11. The number of benzene rings is 1. The Bertz CT molecular complexity index is 574. The van der Waals surface area contributed by atoms with Crippen LogP contribution in [-0.4, -0.2) is 56.6 Å². The molecule has 2 aliphatic rings. The van der Waals surface area contributed by atoms with Crippen LogP contribution in [0.4, 0.5) is 16.2 Å². The molecule has 1 atom stereocenters. The van der Waals surface area contributed by atoms with Crippen molar-refractivity contribution in [2.45, 2.75) is 6.10 Å². The van der Waals surface area contributed by atoms with Crippen molar-refractivity contribution < 1.29 is 9.53 Å². The zero-order valence-corrected chi connectivity index (χ0v) is 13.6. The quantitative estimate of drug-likeness (QED) is 0.681. The van der Waals surface area contributed by atoms with Gasteiger partial charge in [-0.2, -0.15) is 0 Å². The fraction of sp³-hybridized carbons (Fsp3) is 0.467. The van der Waals surface area contributed by atoms with E-state index in [2.05, 4.69) is 27.7 Å². The number of carbonyl (C=O) groups excluding carboxylic acids is 1. The number of nitrogens with two attached hydrogens (primary N) is 1. The largest absolute Gasteiger partial charge is 0.442 e. The van der Waals surface area contributed by atoms with Crippen molar-refractivity contribution in [1.29, 1.82) is 0 Å². The SMILES string of the molecule is NC(=S)NC[C@H]1CN(c2ccc(N3CCNCC3)cc2)C(=O)O1. The Morgan fingerprint density at radius 1 is 1.30 bits per heavy atom. The lowest BCUT2D eigenvalue weighted by atomic mass is 10.2. The van der Waals surface area contributed by atoms with Crippen LogP contribution in [0.3, 0.4) is 0 Å². The van der Waals surface area contributed by atoms with Crippen LogP contribution in [0.1, 0.15) is 0 Å². The molecule has 2 saturated heterocycles. The minimum absolute atomic E-state index is 0.208. The van der Waals surface area contributed by atoms with Gasteiger partial charge < -0.3 is 26.0 Å². The van der Waals surface area contributed by atoms with Crippen molar-refractivity contribution >= 4 is 34.8 Å². The summed E-state index contributed by atoms with van der Waals surface area (Å²) in [5.41, 5.74) is 7.41. The van der Waals surface area contributed by atoms with E-state index in [-0.39, 0.29) is 17.3 Å². The summed E-state index contributed by atoms with van der Waals surface area (Å²) in [7, 11) is 0. The molecule has 0 aromatic heterocycles. The molecule has 8 heteroatoms. The molecule has 1 aromatic carbocycles. The molecule has 1 aromatic rings. The number of cyclic esters (lactones) is 1. The van der Waals surface area contributed by atoms with Gasteiger partial charge >= 0.3 is 6.09 Å². The van der Waals surface area contributed by atoms with Crippen LogP contribution in [0.25, 0.3) is 0 Å². The van der Waals surface area contributed by atoms with Gasteiger partial charge in [-0.3, -0.25) is 4.90 Å². The van der Waals surface area contributed by atoms with Crippen LogP contribution in [0.2, 0.25) is 0 Å².